The number of carboxylic acids is 1. The van der Waals surface area contributed by atoms with Crippen LogP contribution < -0.4 is 0 Å². The summed E-state index contributed by atoms with van der Waals surface area (Å²) in [6.07, 6.45) is 13.0. The fraction of sp³-hybridized carbons (Fsp3) is 0.870. The van der Waals surface area contributed by atoms with E-state index in [1.807, 2.05) is 6.08 Å². The lowest BCUT2D eigenvalue weighted by Crippen LogP contribution is -2.28. The molecule has 2 aliphatic rings. The Balaban J connectivity index is 1.86. The second-order valence-electron chi connectivity index (χ2n) is 9.55. The molecule has 1 aliphatic heterocycles. The summed E-state index contributed by atoms with van der Waals surface area (Å²) in [6.45, 7) is 8.80. The Morgan fingerprint density at radius 3 is 2.67 bits per heavy atom. The molecule has 0 unspecified atom stereocenters. The first-order valence-corrected chi connectivity index (χ1v) is 11.0. The summed E-state index contributed by atoms with van der Waals surface area (Å²) in [6, 6.07) is 0. The average Bonchev–Trinajstić information content (AvgIpc) is 3.11. The summed E-state index contributed by atoms with van der Waals surface area (Å²) in [4.78, 5) is 10.6. The fourth-order valence-electron chi connectivity index (χ4n) is 4.88. The number of ether oxygens (including phenoxy) is 1. The summed E-state index contributed by atoms with van der Waals surface area (Å²) < 4.78 is 6.28. The van der Waals surface area contributed by atoms with Crippen molar-refractivity contribution in [3.63, 3.8) is 0 Å². The molecule has 2 rings (SSSR count). The molecule has 1 saturated carbocycles. The van der Waals surface area contributed by atoms with Crippen molar-refractivity contribution in [2.24, 2.45) is 23.2 Å². The van der Waals surface area contributed by atoms with Crippen molar-refractivity contribution in [1.29, 1.82) is 0 Å². The summed E-state index contributed by atoms with van der Waals surface area (Å²) in [5.41, 5.74) is -0.0768. The highest BCUT2D eigenvalue weighted by molar-refractivity contribution is 5.66. The van der Waals surface area contributed by atoms with E-state index in [4.69, 9.17) is 9.84 Å². The van der Waals surface area contributed by atoms with Gasteiger partial charge in [-0.05, 0) is 55.3 Å². The molecule has 0 radical (unpaired) electrons. The van der Waals surface area contributed by atoms with E-state index in [1.54, 1.807) is 0 Å². The van der Waals surface area contributed by atoms with Gasteiger partial charge in [0.2, 0.25) is 0 Å². The maximum Gasteiger partial charge on any atom is 0.303 e. The van der Waals surface area contributed by atoms with Crippen LogP contribution in [0.15, 0.2) is 12.2 Å². The molecule has 156 valence electrons. The number of aliphatic carboxylic acids is 1. The van der Waals surface area contributed by atoms with E-state index in [1.165, 1.54) is 0 Å². The number of hydrogen-bond acceptors (Lipinski definition) is 3. The molecule has 0 bridgehead atoms. The lowest BCUT2D eigenvalue weighted by molar-refractivity contribution is -0.137. The largest absolute Gasteiger partial charge is 0.481 e. The molecule has 0 aromatic heterocycles. The zero-order valence-corrected chi connectivity index (χ0v) is 17.7. The number of carboxylic acid groups (broad SMARTS) is 1. The Labute approximate surface area is 165 Å². The molecule has 27 heavy (non-hydrogen) atoms. The van der Waals surface area contributed by atoms with Crippen LogP contribution in [-0.2, 0) is 9.53 Å². The molecule has 4 nitrogen and oxygen atoms in total. The average molecular weight is 381 g/mol. The lowest BCUT2D eigenvalue weighted by atomic mass is 9.80. The molecular weight excluding hydrogens is 340 g/mol. The van der Waals surface area contributed by atoms with Crippen LogP contribution in [0.3, 0.4) is 0 Å². The van der Waals surface area contributed by atoms with Crippen LogP contribution >= 0.6 is 0 Å². The standard InChI is InChI=1S/C23H40O4/c1-5-6-13-23(3,4)21(24)12-11-18-16(2)14-20-19(18)15-17(27-20)9-7-8-10-22(25)26/h11-12,16-21,24H,5-10,13-15H2,1-4H3,(H,25,26)/b12-11+/t16-,17+,18-,19-,20+,21-/m1/s1. The lowest BCUT2D eigenvalue weighted by Gasteiger charge is -2.29. The Morgan fingerprint density at radius 2 is 2.00 bits per heavy atom. The number of unbranched alkanes of at least 4 members (excludes halogenated alkanes) is 2. The fourth-order valence-corrected chi connectivity index (χ4v) is 4.88. The van der Waals surface area contributed by atoms with Crippen molar-refractivity contribution >= 4 is 5.97 Å². The quantitative estimate of drug-likeness (QED) is 0.382. The van der Waals surface area contributed by atoms with Gasteiger partial charge in [0.25, 0.3) is 0 Å². The van der Waals surface area contributed by atoms with E-state index < -0.39 is 12.1 Å². The highest BCUT2D eigenvalue weighted by Crippen LogP contribution is 2.48. The Hall–Kier alpha value is -0.870. The predicted octanol–water partition coefficient (Wildman–Crippen LogP) is 5.19. The van der Waals surface area contributed by atoms with Crippen LogP contribution in [0.5, 0.6) is 0 Å². The molecule has 4 heteroatoms. The molecular formula is C23H40O4. The van der Waals surface area contributed by atoms with Gasteiger partial charge in [-0.2, -0.15) is 0 Å². The minimum Gasteiger partial charge on any atom is -0.481 e. The smallest absolute Gasteiger partial charge is 0.303 e. The topological polar surface area (TPSA) is 66.8 Å². The van der Waals surface area contributed by atoms with Gasteiger partial charge in [0.1, 0.15) is 0 Å². The number of carbonyl (C=O) groups is 1. The van der Waals surface area contributed by atoms with E-state index in [0.29, 0.717) is 23.9 Å². The number of aliphatic hydroxyl groups is 1. The normalized spacial score (nSPS) is 32.1. The van der Waals surface area contributed by atoms with Crippen LogP contribution in [0.4, 0.5) is 0 Å². The third kappa shape index (κ3) is 6.32. The van der Waals surface area contributed by atoms with Gasteiger partial charge in [-0.15, -0.1) is 0 Å². The van der Waals surface area contributed by atoms with Crippen LogP contribution in [0.1, 0.15) is 85.5 Å². The van der Waals surface area contributed by atoms with Gasteiger partial charge in [-0.3, -0.25) is 4.79 Å². The molecule has 2 N–H and O–H groups in total. The van der Waals surface area contributed by atoms with Gasteiger partial charge in [0.05, 0.1) is 18.3 Å². The summed E-state index contributed by atoms with van der Waals surface area (Å²) >= 11 is 0. The molecule has 0 amide bonds. The third-order valence-corrected chi connectivity index (χ3v) is 6.79. The van der Waals surface area contributed by atoms with Gasteiger partial charge in [0, 0.05) is 6.42 Å². The van der Waals surface area contributed by atoms with Crippen LogP contribution in [-0.4, -0.2) is 34.5 Å². The number of fused-ring (bicyclic) bond motifs is 1. The van der Waals surface area contributed by atoms with Gasteiger partial charge in [-0.1, -0.05) is 59.1 Å². The van der Waals surface area contributed by atoms with E-state index in [2.05, 4.69) is 33.8 Å². The molecule has 0 aromatic carbocycles. The SMILES string of the molecule is CCCCC(C)(C)[C@H](O)/C=C/[C@H]1[C@H]2C[C@H](CCCCC(=O)O)O[C@H]2C[C@H]1C. The van der Waals surface area contributed by atoms with Crippen molar-refractivity contribution in [3.8, 4) is 0 Å². The van der Waals surface area contributed by atoms with Crippen molar-refractivity contribution in [1.82, 2.24) is 0 Å². The molecule has 2 fully saturated rings. The summed E-state index contributed by atoms with van der Waals surface area (Å²) in [7, 11) is 0. The van der Waals surface area contributed by atoms with Gasteiger partial charge >= 0.3 is 5.97 Å². The van der Waals surface area contributed by atoms with E-state index in [9.17, 15) is 9.90 Å². The maximum atomic E-state index is 10.7. The molecule has 0 spiro atoms. The third-order valence-electron chi connectivity index (χ3n) is 6.79. The van der Waals surface area contributed by atoms with Gasteiger partial charge in [0.15, 0.2) is 0 Å². The first kappa shape index (κ1) is 22.4. The van der Waals surface area contributed by atoms with Crippen LogP contribution in [0.2, 0.25) is 0 Å². The van der Waals surface area contributed by atoms with Crippen molar-refractivity contribution < 1.29 is 19.7 Å². The van der Waals surface area contributed by atoms with Crippen molar-refractivity contribution in [2.75, 3.05) is 0 Å². The minimum atomic E-state index is -0.710. The minimum absolute atomic E-state index is 0.0768. The first-order chi connectivity index (χ1) is 12.7. The zero-order chi connectivity index (χ0) is 20.0. The Kier molecular flexibility index (Phi) is 8.36. The number of hydrogen-bond donors (Lipinski definition) is 2. The monoisotopic (exact) mass is 380 g/mol. The van der Waals surface area contributed by atoms with Gasteiger partial charge in [-0.25, -0.2) is 0 Å². The molecule has 1 saturated heterocycles. The van der Waals surface area contributed by atoms with E-state index in [-0.39, 0.29) is 17.9 Å². The Morgan fingerprint density at radius 1 is 1.26 bits per heavy atom. The highest BCUT2D eigenvalue weighted by atomic mass is 16.5. The predicted molar refractivity (Wildman–Crippen MR) is 109 cm³/mol. The first-order valence-electron chi connectivity index (χ1n) is 11.0. The Bertz CT molecular complexity index is 499. The molecule has 0 aromatic rings. The molecule has 1 aliphatic carbocycles. The second-order valence-corrected chi connectivity index (χ2v) is 9.55. The second kappa shape index (κ2) is 10.1. The highest BCUT2D eigenvalue weighted by Gasteiger charge is 2.46. The van der Waals surface area contributed by atoms with Crippen molar-refractivity contribution in [2.45, 2.75) is 104 Å². The molecule has 6 atom stereocenters. The number of rotatable bonds is 11. The zero-order valence-electron chi connectivity index (χ0n) is 17.7. The van der Waals surface area contributed by atoms with E-state index in [0.717, 1.165) is 51.4 Å². The number of aliphatic hydroxyl groups excluding tert-OH is 1. The molecule has 1 heterocycles. The van der Waals surface area contributed by atoms with Crippen LogP contribution in [0.25, 0.3) is 0 Å². The maximum absolute atomic E-state index is 10.7. The van der Waals surface area contributed by atoms with Gasteiger partial charge < -0.3 is 14.9 Å². The number of allylic oxidation sites excluding steroid dienone is 1. The van der Waals surface area contributed by atoms with E-state index >= 15 is 0 Å². The van der Waals surface area contributed by atoms with Crippen LogP contribution in [0, 0.1) is 23.2 Å². The summed E-state index contributed by atoms with van der Waals surface area (Å²) in [5.74, 6) is 0.913. The summed E-state index contributed by atoms with van der Waals surface area (Å²) in [5, 5.41) is 19.4. The van der Waals surface area contributed by atoms with Crippen molar-refractivity contribution in [3.05, 3.63) is 12.2 Å².